The average molecular weight is 290 g/mol. The van der Waals surface area contributed by atoms with Crippen LogP contribution in [-0.4, -0.2) is 37.7 Å². The lowest BCUT2D eigenvalue weighted by atomic mass is 10.0. The zero-order valence-corrected chi connectivity index (χ0v) is 12.8. The van der Waals surface area contributed by atoms with Gasteiger partial charge in [-0.25, -0.2) is 0 Å². The summed E-state index contributed by atoms with van der Waals surface area (Å²) < 4.78 is 5.51. The van der Waals surface area contributed by atoms with E-state index in [0.29, 0.717) is 13.2 Å². The number of ether oxygens (including phenoxy) is 1. The van der Waals surface area contributed by atoms with Gasteiger partial charge in [-0.2, -0.15) is 0 Å². The van der Waals surface area contributed by atoms with Gasteiger partial charge in [-0.05, 0) is 24.8 Å². The highest BCUT2D eigenvalue weighted by molar-refractivity contribution is 5.81. The van der Waals surface area contributed by atoms with Crippen LogP contribution >= 0.6 is 0 Å². The van der Waals surface area contributed by atoms with E-state index in [-0.39, 0.29) is 18.1 Å². The summed E-state index contributed by atoms with van der Waals surface area (Å²) >= 11 is 0. The van der Waals surface area contributed by atoms with E-state index >= 15 is 0 Å². The summed E-state index contributed by atoms with van der Waals surface area (Å²) in [6, 6.07) is 10.7. The van der Waals surface area contributed by atoms with Crippen LogP contribution in [0.2, 0.25) is 0 Å². The molecular formula is C17H26N2O2. The Morgan fingerprint density at radius 2 is 2.19 bits per heavy atom. The molecule has 2 atom stereocenters. The third-order valence-electron chi connectivity index (χ3n) is 3.83. The van der Waals surface area contributed by atoms with Gasteiger partial charge in [-0.15, -0.1) is 0 Å². The van der Waals surface area contributed by atoms with Crippen molar-refractivity contribution < 1.29 is 9.53 Å². The summed E-state index contributed by atoms with van der Waals surface area (Å²) in [5.74, 6) is 0.0220. The summed E-state index contributed by atoms with van der Waals surface area (Å²) in [7, 11) is 0. The second-order valence-electron chi connectivity index (χ2n) is 5.58. The van der Waals surface area contributed by atoms with E-state index in [2.05, 4.69) is 41.8 Å². The molecule has 1 amide bonds. The SMILES string of the molecule is CCCC(CCc1ccccc1)NC(=O)C1CNCCO1. The van der Waals surface area contributed by atoms with E-state index in [9.17, 15) is 4.79 Å². The molecule has 1 aromatic rings. The second-order valence-corrected chi connectivity index (χ2v) is 5.58. The van der Waals surface area contributed by atoms with Crippen molar-refractivity contribution in [2.24, 2.45) is 0 Å². The fourth-order valence-corrected chi connectivity index (χ4v) is 2.65. The first-order chi connectivity index (χ1) is 10.3. The normalized spacial score (nSPS) is 20.0. The number of morpholine rings is 1. The van der Waals surface area contributed by atoms with Crippen LogP contribution in [-0.2, 0) is 16.0 Å². The Bertz CT molecular complexity index is 416. The first kappa shape index (κ1) is 16.0. The van der Waals surface area contributed by atoms with E-state index in [1.54, 1.807) is 0 Å². The molecule has 2 unspecified atom stereocenters. The lowest BCUT2D eigenvalue weighted by molar-refractivity contribution is -0.135. The Morgan fingerprint density at radius 1 is 1.38 bits per heavy atom. The highest BCUT2D eigenvalue weighted by atomic mass is 16.5. The summed E-state index contributed by atoms with van der Waals surface area (Å²) in [5.41, 5.74) is 1.32. The van der Waals surface area contributed by atoms with Crippen molar-refractivity contribution >= 4 is 5.91 Å². The molecule has 2 rings (SSSR count). The molecule has 21 heavy (non-hydrogen) atoms. The first-order valence-electron chi connectivity index (χ1n) is 7.96. The number of rotatable bonds is 7. The number of hydrogen-bond acceptors (Lipinski definition) is 3. The molecule has 2 N–H and O–H groups in total. The number of carbonyl (C=O) groups excluding carboxylic acids is 1. The highest BCUT2D eigenvalue weighted by Gasteiger charge is 2.23. The molecule has 1 fully saturated rings. The Morgan fingerprint density at radius 3 is 2.86 bits per heavy atom. The van der Waals surface area contributed by atoms with Gasteiger partial charge in [0.15, 0.2) is 0 Å². The Kier molecular flexibility index (Phi) is 6.70. The average Bonchev–Trinajstić information content (AvgIpc) is 2.54. The minimum Gasteiger partial charge on any atom is -0.366 e. The van der Waals surface area contributed by atoms with Gasteiger partial charge < -0.3 is 15.4 Å². The van der Waals surface area contributed by atoms with Crippen LogP contribution in [0.1, 0.15) is 31.7 Å². The summed E-state index contributed by atoms with van der Waals surface area (Å²) in [6.07, 6.45) is 3.72. The molecule has 0 aromatic heterocycles. The third kappa shape index (κ3) is 5.48. The number of amides is 1. The van der Waals surface area contributed by atoms with Gasteiger partial charge in [0.2, 0.25) is 0 Å². The summed E-state index contributed by atoms with van der Waals surface area (Å²) in [4.78, 5) is 12.2. The van der Waals surface area contributed by atoms with Crippen molar-refractivity contribution in [3.63, 3.8) is 0 Å². The van der Waals surface area contributed by atoms with Crippen molar-refractivity contribution in [3.05, 3.63) is 35.9 Å². The molecule has 1 saturated heterocycles. The molecule has 4 heteroatoms. The largest absolute Gasteiger partial charge is 0.366 e. The van der Waals surface area contributed by atoms with Gasteiger partial charge in [0.1, 0.15) is 6.10 Å². The van der Waals surface area contributed by atoms with Gasteiger partial charge in [0, 0.05) is 19.1 Å². The van der Waals surface area contributed by atoms with Crippen LogP contribution in [0.25, 0.3) is 0 Å². The number of carbonyl (C=O) groups is 1. The maximum atomic E-state index is 12.2. The molecule has 4 nitrogen and oxygen atoms in total. The summed E-state index contributed by atoms with van der Waals surface area (Å²) in [6.45, 7) is 4.21. The predicted molar refractivity (Wildman–Crippen MR) is 84.2 cm³/mol. The predicted octanol–water partition coefficient (Wildman–Crippen LogP) is 1.89. The number of benzene rings is 1. The fraction of sp³-hybridized carbons (Fsp3) is 0.588. The fourth-order valence-electron chi connectivity index (χ4n) is 2.65. The van der Waals surface area contributed by atoms with E-state index < -0.39 is 0 Å². The van der Waals surface area contributed by atoms with Crippen LogP contribution in [0.4, 0.5) is 0 Å². The zero-order valence-electron chi connectivity index (χ0n) is 12.8. The minimum atomic E-state index is -0.338. The Balaban J connectivity index is 1.81. The van der Waals surface area contributed by atoms with Gasteiger partial charge in [0.05, 0.1) is 6.61 Å². The maximum absolute atomic E-state index is 12.2. The molecule has 1 aliphatic heterocycles. The van der Waals surface area contributed by atoms with Crippen molar-refractivity contribution in [2.75, 3.05) is 19.7 Å². The molecule has 0 radical (unpaired) electrons. The van der Waals surface area contributed by atoms with Crippen LogP contribution in [0.3, 0.4) is 0 Å². The van der Waals surface area contributed by atoms with Crippen LogP contribution in [0, 0.1) is 0 Å². The quantitative estimate of drug-likeness (QED) is 0.806. The lowest BCUT2D eigenvalue weighted by Gasteiger charge is -2.26. The summed E-state index contributed by atoms with van der Waals surface area (Å²) in [5, 5.41) is 6.35. The van der Waals surface area contributed by atoms with E-state index in [0.717, 1.165) is 32.2 Å². The lowest BCUT2D eigenvalue weighted by Crippen LogP contribution is -2.50. The van der Waals surface area contributed by atoms with Gasteiger partial charge >= 0.3 is 0 Å². The highest BCUT2D eigenvalue weighted by Crippen LogP contribution is 2.09. The maximum Gasteiger partial charge on any atom is 0.250 e. The van der Waals surface area contributed by atoms with Gasteiger partial charge in [0.25, 0.3) is 5.91 Å². The minimum absolute atomic E-state index is 0.0220. The van der Waals surface area contributed by atoms with Crippen LogP contribution in [0.5, 0.6) is 0 Å². The third-order valence-corrected chi connectivity index (χ3v) is 3.83. The van der Waals surface area contributed by atoms with Crippen molar-refractivity contribution in [3.8, 4) is 0 Å². The monoisotopic (exact) mass is 290 g/mol. The van der Waals surface area contributed by atoms with Crippen LogP contribution in [0.15, 0.2) is 30.3 Å². The topological polar surface area (TPSA) is 50.4 Å². The van der Waals surface area contributed by atoms with Crippen molar-refractivity contribution in [2.45, 2.75) is 44.8 Å². The molecule has 1 aliphatic rings. The molecule has 0 saturated carbocycles. The smallest absolute Gasteiger partial charge is 0.250 e. The first-order valence-corrected chi connectivity index (χ1v) is 7.96. The van der Waals surface area contributed by atoms with Gasteiger partial charge in [-0.1, -0.05) is 43.7 Å². The molecule has 1 heterocycles. The molecule has 116 valence electrons. The van der Waals surface area contributed by atoms with E-state index in [1.807, 2.05) is 6.07 Å². The van der Waals surface area contributed by atoms with E-state index in [4.69, 9.17) is 4.74 Å². The molecular weight excluding hydrogens is 264 g/mol. The standard InChI is InChI=1S/C17H26N2O2/c1-2-6-15(10-9-14-7-4-3-5-8-14)19-17(20)16-13-18-11-12-21-16/h3-5,7-8,15-16,18H,2,6,9-13H2,1H3,(H,19,20). The number of hydrogen-bond donors (Lipinski definition) is 2. The number of aryl methyl sites for hydroxylation is 1. The second kappa shape index (κ2) is 8.80. The van der Waals surface area contributed by atoms with Crippen molar-refractivity contribution in [1.82, 2.24) is 10.6 Å². The Labute approximate surface area is 127 Å². The van der Waals surface area contributed by atoms with Gasteiger partial charge in [-0.3, -0.25) is 4.79 Å². The molecule has 1 aromatic carbocycles. The molecule has 0 spiro atoms. The van der Waals surface area contributed by atoms with Crippen molar-refractivity contribution in [1.29, 1.82) is 0 Å². The van der Waals surface area contributed by atoms with Crippen LogP contribution < -0.4 is 10.6 Å². The molecule has 0 bridgehead atoms. The zero-order chi connectivity index (χ0) is 14.9. The number of nitrogens with one attached hydrogen (secondary N) is 2. The molecule has 0 aliphatic carbocycles. The van der Waals surface area contributed by atoms with E-state index in [1.165, 1.54) is 5.56 Å². The Hall–Kier alpha value is -1.39.